The standard InChI is InChI=1S/C6H7N3O5/c7-6-5(9(12)13)3(8-14-6)1-2-4(10)11/h1-2,7H2,(H,10,11). The van der Waals surface area contributed by atoms with Crippen LogP contribution in [0.25, 0.3) is 0 Å². The number of hydrogen-bond donors (Lipinski definition) is 2. The van der Waals surface area contributed by atoms with Gasteiger partial charge in [-0.2, -0.15) is 0 Å². The Morgan fingerprint density at radius 2 is 2.36 bits per heavy atom. The van der Waals surface area contributed by atoms with Crippen LogP contribution in [0.5, 0.6) is 0 Å². The van der Waals surface area contributed by atoms with Gasteiger partial charge in [-0.05, 0) is 0 Å². The molecule has 0 spiro atoms. The largest absolute Gasteiger partial charge is 0.481 e. The van der Waals surface area contributed by atoms with Crippen molar-refractivity contribution >= 4 is 17.5 Å². The molecular weight excluding hydrogens is 194 g/mol. The molecule has 1 aromatic rings. The maximum absolute atomic E-state index is 10.4. The van der Waals surface area contributed by atoms with Gasteiger partial charge in [0, 0.05) is 6.42 Å². The van der Waals surface area contributed by atoms with Crippen molar-refractivity contribution in [2.24, 2.45) is 0 Å². The Balaban J connectivity index is 2.86. The van der Waals surface area contributed by atoms with E-state index in [4.69, 9.17) is 10.8 Å². The molecule has 0 amide bonds. The number of aromatic nitrogens is 1. The number of aliphatic carboxylic acids is 1. The van der Waals surface area contributed by atoms with Crippen molar-refractivity contribution in [2.75, 3.05) is 5.73 Å². The molecule has 0 bridgehead atoms. The number of carboxylic acids is 1. The lowest BCUT2D eigenvalue weighted by Gasteiger charge is -1.91. The molecule has 0 aliphatic carbocycles. The van der Waals surface area contributed by atoms with E-state index in [1.165, 1.54) is 0 Å². The third-order valence-electron chi connectivity index (χ3n) is 1.52. The molecule has 1 aromatic heterocycles. The van der Waals surface area contributed by atoms with Crippen molar-refractivity contribution in [1.29, 1.82) is 0 Å². The maximum atomic E-state index is 10.4. The second kappa shape index (κ2) is 3.73. The number of nitrogens with two attached hydrogens (primary N) is 1. The number of carboxylic acid groups (broad SMARTS) is 1. The van der Waals surface area contributed by atoms with Gasteiger partial charge in [0.05, 0.1) is 11.3 Å². The summed E-state index contributed by atoms with van der Waals surface area (Å²) in [6.45, 7) is 0. The molecule has 0 aliphatic rings. The van der Waals surface area contributed by atoms with Crippen molar-refractivity contribution in [3.63, 3.8) is 0 Å². The van der Waals surface area contributed by atoms with Crippen LogP contribution in [0.3, 0.4) is 0 Å². The number of carbonyl (C=O) groups is 1. The molecule has 0 saturated carbocycles. The highest BCUT2D eigenvalue weighted by Crippen LogP contribution is 2.26. The predicted molar refractivity (Wildman–Crippen MR) is 43.5 cm³/mol. The van der Waals surface area contributed by atoms with E-state index in [2.05, 4.69) is 9.68 Å². The number of aryl methyl sites for hydroxylation is 1. The quantitative estimate of drug-likeness (QED) is 0.524. The molecule has 8 nitrogen and oxygen atoms in total. The number of rotatable bonds is 4. The Morgan fingerprint density at radius 3 is 2.86 bits per heavy atom. The van der Waals surface area contributed by atoms with Gasteiger partial charge in [0.25, 0.3) is 0 Å². The number of nitrogen functional groups attached to an aromatic ring is 1. The first-order valence-corrected chi connectivity index (χ1v) is 3.62. The smallest absolute Gasteiger partial charge is 0.355 e. The van der Waals surface area contributed by atoms with Gasteiger partial charge >= 0.3 is 17.5 Å². The zero-order valence-electron chi connectivity index (χ0n) is 6.97. The highest BCUT2D eigenvalue weighted by Gasteiger charge is 2.24. The first-order valence-electron chi connectivity index (χ1n) is 3.62. The van der Waals surface area contributed by atoms with Gasteiger partial charge in [0.1, 0.15) is 0 Å². The minimum absolute atomic E-state index is 0.0464. The predicted octanol–water partition coefficient (Wildman–Crippen LogP) is 0.182. The molecule has 76 valence electrons. The van der Waals surface area contributed by atoms with E-state index in [0.29, 0.717) is 0 Å². The van der Waals surface area contributed by atoms with Gasteiger partial charge in [0.15, 0.2) is 5.69 Å². The van der Waals surface area contributed by atoms with Gasteiger partial charge in [-0.3, -0.25) is 14.9 Å². The molecule has 0 aliphatic heterocycles. The monoisotopic (exact) mass is 201 g/mol. The average Bonchev–Trinajstić information content (AvgIpc) is 2.43. The van der Waals surface area contributed by atoms with E-state index in [9.17, 15) is 14.9 Å². The number of nitro groups is 1. The molecule has 0 unspecified atom stereocenters. The van der Waals surface area contributed by atoms with E-state index in [1.807, 2.05) is 0 Å². The second-order valence-electron chi connectivity index (χ2n) is 2.49. The van der Waals surface area contributed by atoms with Crippen LogP contribution in [0.15, 0.2) is 4.52 Å². The van der Waals surface area contributed by atoms with Crippen LogP contribution in [0.2, 0.25) is 0 Å². The Bertz CT molecular complexity index is 372. The fourth-order valence-corrected chi connectivity index (χ4v) is 0.918. The van der Waals surface area contributed by atoms with E-state index < -0.39 is 22.5 Å². The van der Waals surface area contributed by atoms with Gasteiger partial charge in [0.2, 0.25) is 0 Å². The number of anilines is 1. The molecule has 1 rings (SSSR count). The SMILES string of the molecule is Nc1onc(CCC(=O)O)c1[N+](=O)[O-]. The van der Waals surface area contributed by atoms with Gasteiger partial charge in [-0.15, -0.1) is 0 Å². The Labute approximate surface area is 77.4 Å². The van der Waals surface area contributed by atoms with Crippen molar-refractivity contribution in [2.45, 2.75) is 12.8 Å². The van der Waals surface area contributed by atoms with Crippen LogP contribution in [0, 0.1) is 10.1 Å². The first-order chi connectivity index (χ1) is 6.52. The van der Waals surface area contributed by atoms with Crippen LogP contribution in [0.4, 0.5) is 11.6 Å². The fraction of sp³-hybridized carbons (Fsp3) is 0.333. The van der Waals surface area contributed by atoms with Crippen LogP contribution in [0.1, 0.15) is 12.1 Å². The molecule has 14 heavy (non-hydrogen) atoms. The topological polar surface area (TPSA) is 132 Å². The summed E-state index contributed by atoms with van der Waals surface area (Å²) in [7, 11) is 0. The highest BCUT2D eigenvalue weighted by molar-refractivity contribution is 5.67. The normalized spacial score (nSPS) is 10.0. The maximum Gasteiger partial charge on any atom is 0.355 e. The Hall–Kier alpha value is -2.12. The summed E-state index contributed by atoms with van der Waals surface area (Å²) in [6.07, 6.45) is -0.334. The zero-order chi connectivity index (χ0) is 10.7. The van der Waals surface area contributed by atoms with Crippen LogP contribution in [-0.2, 0) is 11.2 Å². The summed E-state index contributed by atoms with van der Waals surface area (Å²) < 4.78 is 4.38. The van der Waals surface area contributed by atoms with E-state index in [-0.39, 0.29) is 18.5 Å². The van der Waals surface area contributed by atoms with Crippen LogP contribution in [-0.4, -0.2) is 21.2 Å². The summed E-state index contributed by atoms with van der Waals surface area (Å²) in [6, 6.07) is 0. The molecule has 0 fully saturated rings. The first kappa shape index (κ1) is 9.96. The average molecular weight is 201 g/mol. The molecule has 8 heteroatoms. The number of nitrogens with zero attached hydrogens (tertiary/aromatic N) is 2. The third kappa shape index (κ3) is 1.97. The summed E-state index contributed by atoms with van der Waals surface area (Å²) in [5.74, 6) is -1.48. The van der Waals surface area contributed by atoms with Gasteiger partial charge in [-0.25, -0.2) is 0 Å². The molecule has 0 radical (unpaired) electrons. The second-order valence-corrected chi connectivity index (χ2v) is 2.49. The van der Waals surface area contributed by atoms with E-state index in [0.717, 1.165) is 0 Å². The summed E-state index contributed by atoms with van der Waals surface area (Å²) in [5.41, 5.74) is 4.63. The summed E-state index contributed by atoms with van der Waals surface area (Å²) in [4.78, 5) is 19.9. The van der Waals surface area contributed by atoms with Crippen molar-refractivity contribution < 1.29 is 19.3 Å². The molecule has 0 atom stereocenters. The van der Waals surface area contributed by atoms with Gasteiger partial charge < -0.3 is 15.4 Å². The number of hydrogen-bond acceptors (Lipinski definition) is 6. The minimum atomic E-state index is -1.07. The lowest BCUT2D eigenvalue weighted by Crippen LogP contribution is -2.01. The van der Waals surface area contributed by atoms with Crippen molar-refractivity contribution in [1.82, 2.24) is 5.16 Å². The van der Waals surface area contributed by atoms with E-state index >= 15 is 0 Å². The van der Waals surface area contributed by atoms with Crippen LogP contribution >= 0.6 is 0 Å². The van der Waals surface area contributed by atoms with E-state index in [1.54, 1.807) is 0 Å². The van der Waals surface area contributed by atoms with Gasteiger partial charge in [-0.1, -0.05) is 5.16 Å². The molecule has 0 aromatic carbocycles. The van der Waals surface area contributed by atoms with Crippen LogP contribution < -0.4 is 5.73 Å². The fourth-order valence-electron chi connectivity index (χ4n) is 0.918. The summed E-state index contributed by atoms with van der Waals surface area (Å²) >= 11 is 0. The Morgan fingerprint density at radius 1 is 1.71 bits per heavy atom. The molecule has 0 saturated heterocycles. The summed E-state index contributed by atoms with van der Waals surface area (Å²) in [5, 5.41) is 22.1. The Kier molecular flexibility index (Phi) is 2.65. The van der Waals surface area contributed by atoms with Crippen molar-refractivity contribution in [3.05, 3.63) is 15.8 Å². The lowest BCUT2D eigenvalue weighted by molar-refractivity contribution is -0.384. The minimum Gasteiger partial charge on any atom is -0.481 e. The third-order valence-corrected chi connectivity index (χ3v) is 1.52. The molecule has 3 N–H and O–H groups in total. The molecular formula is C6H7N3O5. The molecule has 1 heterocycles. The zero-order valence-corrected chi connectivity index (χ0v) is 6.97. The highest BCUT2D eigenvalue weighted by atomic mass is 16.6. The van der Waals surface area contributed by atoms with Crippen molar-refractivity contribution in [3.8, 4) is 0 Å². The lowest BCUT2D eigenvalue weighted by atomic mass is 10.2.